The van der Waals surface area contributed by atoms with Gasteiger partial charge in [0, 0.05) is 4.88 Å². The Morgan fingerprint density at radius 2 is 2.26 bits per heavy atom. The van der Waals surface area contributed by atoms with E-state index in [0.29, 0.717) is 10.2 Å². The van der Waals surface area contributed by atoms with Gasteiger partial charge in [0.05, 0.1) is 12.0 Å². The average molecular weight is 295 g/mol. The molecule has 3 aromatic heterocycles. The van der Waals surface area contributed by atoms with E-state index in [0.717, 1.165) is 15.1 Å². The number of thiophene rings is 1. The molecule has 1 N–H and O–H groups in total. The van der Waals surface area contributed by atoms with Crippen LogP contribution in [0.25, 0.3) is 20.4 Å². The molecule has 6 nitrogen and oxygen atoms in total. The standard InChI is InChI=1S/C11H9N3O3S2/c1-3-17-11(16)8-12-6-5-4(2)19-14-10(5)18-7(6)9(15)13-8/h3H2,1-2H3,(H,12,13,15). The summed E-state index contributed by atoms with van der Waals surface area (Å²) in [6.45, 7) is 3.85. The molecule has 98 valence electrons. The van der Waals surface area contributed by atoms with Gasteiger partial charge in [0.25, 0.3) is 5.56 Å². The topological polar surface area (TPSA) is 84.9 Å². The van der Waals surface area contributed by atoms with Crippen molar-refractivity contribution in [3.05, 3.63) is 21.1 Å². The van der Waals surface area contributed by atoms with Crippen LogP contribution in [0.15, 0.2) is 4.79 Å². The van der Waals surface area contributed by atoms with E-state index in [-0.39, 0.29) is 18.0 Å². The monoisotopic (exact) mass is 295 g/mol. The number of nitrogens with zero attached hydrogens (tertiary/aromatic N) is 2. The Balaban J connectivity index is 2.33. The summed E-state index contributed by atoms with van der Waals surface area (Å²) in [6, 6.07) is 0. The second kappa shape index (κ2) is 4.39. The molecule has 0 atom stereocenters. The van der Waals surface area contributed by atoms with E-state index in [1.165, 1.54) is 22.9 Å². The number of rotatable bonds is 2. The molecular weight excluding hydrogens is 286 g/mol. The minimum Gasteiger partial charge on any atom is -0.460 e. The molecule has 0 radical (unpaired) electrons. The van der Waals surface area contributed by atoms with Gasteiger partial charge in [-0.15, -0.1) is 11.3 Å². The van der Waals surface area contributed by atoms with Crippen LogP contribution in [0.1, 0.15) is 22.4 Å². The van der Waals surface area contributed by atoms with Crippen molar-refractivity contribution in [2.45, 2.75) is 13.8 Å². The summed E-state index contributed by atoms with van der Waals surface area (Å²) in [4.78, 5) is 32.1. The number of hydrogen-bond donors (Lipinski definition) is 1. The number of aromatic amines is 1. The second-order valence-electron chi connectivity index (χ2n) is 3.83. The summed E-state index contributed by atoms with van der Waals surface area (Å²) in [5.74, 6) is -0.689. The van der Waals surface area contributed by atoms with Crippen molar-refractivity contribution < 1.29 is 9.53 Å². The number of H-pyrrole nitrogens is 1. The van der Waals surface area contributed by atoms with Crippen molar-refractivity contribution in [2.75, 3.05) is 6.61 Å². The molecule has 0 amide bonds. The molecule has 0 aliphatic rings. The van der Waals surface area contributed by atoms with Crippen molar-refractivity contribution in [3.8, 4) is 0 Å². The SMILES string of the molecule is CCOC(=O)c1nc2c(sc3nsc(C)c32)c(=O)[nH]1. The van der Waals surface area contributed by atoms with Gasteiger partial charge in [0.15, 0.2) is 0 Å². The lowest BCUT2D eigenvalue weighted by atomic mass is 10.3. The number of ether oxygens (including phenoxy) is 1. The highest BCUT2D eigenvalue weighted by atomic mass is 32.1. The van der Waals surface area contributed by atoms with Crippen LogP contribution < -0.4 is 5.56 Å². The number of nitrogens with one attached hydrogen (secondary N) is 1. The van der Waals surface area contributed by atoms with Gasteiger partial charge in [0.1, 0.15) is 15.0 Å². The third kappa shape index (κ3) is 1.83. The second-order valence-corrected chi connectivity index (χ2v) is 5.81. The van der Waals surface area contributed by atoms with Crippen molar-refractivity contribution in [2.24, 2.45) is 0 Å². The highest BCUT2D eigenvalue weighted by molar-refractivity contribution is 7.27. The number of fused-ring (bicyclic) bond motifs is 3. The molecular formula is C11H9N3O3S2. The lowest BCUT2D eigenvalue weighted by molar-refractivity contribution is 0.0512. The molecule has 3 aromatic rings. The lowest BCUT2D eigenvalue weighted by Crippen LogP contribution is -2.16. The quantitative estimate of drug-likeness (QED) is 0.732. The number of aryl methyl sites for hydroxylation is 1. The largest absolute Gasteiger partial charge is 0.460 e. The van der Waals surface area contributed by atoms with E-state index < -0.39 is 5.97 Å². The first-order valence-corrected chi connectivity index (χ1v) is 7.16. The summed E-state index contributed by atoms with van der Waals surface area (Å²) in [5.41, 5.74) is 0.193. The van der Waals surface area contributed by atoms with Crippen molar-refractivity contribution in [3.63, 3.8) is 0 Å². The number of carbonyl (C=O) groups is 1. The van der Waals surface area contributed by atoms with Crippen molar-refractivity contribution >= 4 is 49.3 Å². The third-order valence-corrected chi connectivity index (χ3v) is 4.55. The Hall–Kier alpha value is -1.80. The van der Waals surface area contributed by atoms with E-state index in [1.807, 2.05) is 6.92 Å². The van der Waals surface area contributed by atoms with Gasteiger partial charge in [-0.25, -0.2) is 9.78 Å². The van der Waals surface area contributed by atoms with Crippen molar-refractivity contribution in [1.29, 1.82) is 0 Å². The lowest BCUT2D eigenvalue weighted by Gasteiger charge is -2.00. The van der Waals surface area contributed by atoms with E-state index in [1.54, 1.807) is 6.92 Å². The Kier molecular flexibility index (Phi) is 2.83. The van der Waals surface area contributed by atoms with E-state index in [9.17, 15) is 9.59 Å². The Morgan fingerprint density at radius 1 is 1.47 bits per heavy atom. The van der Waals surface area contributed by atoms with E-state index >= 15 is 0 Å². The molecule has 0 aliphatic carbocycles. The zero-order chi connectivity index (χ0) is 13.6. The van der Waals surface area contributed by atoms with Gasteiger partial charge in [-0.3, -0.25) is 9.78 Å². The van der Waals surface area contributed by atoms with Crippen LogP contribution >= 0.6 is 22.9 Å². The van der Waals surface area contributed by atoms with Crippen LogP contribution in [0.2, 0.25) is 0 Å². The number of aromatic nitrogens is 3. The average Bonchev–Trinajstić information content (AvgIpc) is 2.91. The fourth-order valence-corrected chi connectivity index (χ4v) is 3.66. The molecule has 0 fully saturated rings. The van der Waals surface area contributed by atoms with Gasteiger partial charge in [-0.2, -0.15) is 4.37 Å². The maximum absolute atomic E-state index is 12.0. The molecule has 0 aromatic carbocycles. The number of hydrogen-bond acceptors (Lipinski definition) is 7. The minimum atomic E-state index is -0.623. The summed E-state index contributed by atoms with van der Waals surface area (Å²) < 4.78 is 9.60. The maximum Gasteiger partial charge on any atom is 0.374 e. The molecule has 3 heterocycles. The minimum absolute atomic E-state index is 0.0651. The molecule has 0 bridgehead atoms. The smallest absolute Gasteiger partial charge is 0.374 e. The summed E-state index contributed by atoms with van der Waals surface area (Å²) >= 11 is 2.65. The Bertz CT molecular complexity index is 846. The van der Waals surface area contributed by atoms with E-state index in [4.69, 9.17) is 4.74 Å². The fourth-order valence-electron chi connectivity index (χ4n) is 1.81. The molecule has 0 saturated heterocycles. The van der Waals surface area contributed by atoms with Gasteiger partial charge >= 0.3 is 5.97 Å². The molecule has 8 heteroatoms. The predicted octanol–water partition coefficient (Wildman–Crippen LogP) is 2.08. The zero-order valence-electron chi connectivity index (χ0n) is 10.1. The fraction of sp³-hybridized carbons (Fsp3) is 0.273. The van der Waals surface area contributed by atoms with Crippen LogP contribution in [0.4, 0.5) is 0 Å². The Morgan fingerprint density at radius 3 is 3.00 bits per heavy atom. The molecule has 3 rings (SSSR count). The number of esters is 1. The zero-order valence-corrected chi connectivity index (χ0v) is 11.8. The van der Waals surface area contributed by atoms with Crippen LogP contribution in [-0.2, 0) is 4.74 Å². The summed E-state index contributed by atoms with van der Waals surface area (Å²) in [6.07, 6.45) is 0. The predicted molar refractivity (Wildman–Crippen MR) is 74.1 cm³/mol. The van der Waals surface area contributed by atoms with Gasteiger partial charge in [0.2, 0.25) is 5.82 Å². The molecule has 0 unspecified atom stereocenters. The van der Waals surface area contributed by atoms with Crippen molar-refractivity contribution in [1.82, 2.24) is 14.3 Å². The first-order valence-electron chi connectivity index (χ1n) is 5.57. The molecule has 0 saturated carbocycles. The third-order valence-electron chi connectivity index (χ3n) is 2.61. The van der Waals surface area contributed by atoms with Gasteiger partial charge in [-0.05, 0) is 25.4 Å². The first kappa shape index (κ1) is 12.2. The van der Waals surface area contributed by atoms with Gasteiger partial charge < -0.3 is 4.74 Å². The normalized spacial score (nSPS) is 11.3. The van der Waals surface area contributed by atoms with Crippen LogP contribution in [0, 0.1) is 6.92 Å². The first-order chi connectivity index (χ1) is 9.11. The Labute approximate surface area is 115 Å². The van der Waals surface area contributed by atoms with Crippen LogP contribution in [0.3, 0.4) is 0 Å². The molecule has 19 heavy (non-hydrogen) atoms. The summed E-state index contributed by atoms with van der Waals surface area (Å²) in [5, 5.41) is 0.849. The number of carbonyl (C=O) groups excluding carboxylic acids is 1. The molecule has 0 spiro atoms. The highest BCUT2D eigenvalue weighted by Crippen LogP contribution is 2.33. The highest BCUT2D eigenvalue weighted by Gasteiger charge is 2.18. The summed E-state index contributed by atoms with van der Waals surface area (Å²) in [7, 11) is 0. The maximum atomic E-state index is 12.0. The van der Waals surface area contributed by atoms with Crippen LogP contribution in [-0.4, -0.2) is 26.9 Å². The van der Waals surface area contributed by atoms with Crippen LogP contribution in [0.5, 0.6) is 0 Å². The van der Waals surface area contributed by atoms with Gasteiger partial charge in [-0.1, -0.05) is 0 Å². The van der Waals surface area contributed by atoms with E-state index in [2.05, 4.69) is 14.3 Å². The molecule has 0 aliphatic heterocycles.